The van der Waals surface area contributed by atoms with E-state index in [2.05, 4.69) is 58.7 Å². The smallest absolute Gasteiger partial charge is 0.191 e. The molecular formula is C16H23N5. The van der Waals surface area contributed by atoms with Crippen LogP contribution in [0, 0.1) is 0 Å². The van der Waals surface area contributed by atoms with Gasteiger partial charge in [0.1, 0.15) is 5.82 Å². The van der Waals surface area contributed by atoms with Crippen LogP contribution in [0.4, 0.5) is 0 Å². The molecule has 0 unspecified atom stereocenters. The fourth-order valence-electron chi connectivity index (χ4n) is 2.13. The molecule has 1 aromatic heterocycles. The maximum atomic E-state index is 4.59. The first-order valence-corrected chi connectivity index (χ1v) is 7.33. The van der Waals surface area contributed by atoms with Crippen LogP contribution in [0.1, 0.15) is 19.4 Å². The predicted octanol–water partition coefficient (Wildman–Crippen LogP) is 2.16. The summed E-state index contributed by atoms with van der Waals surface area (Å²) in [7, 11) is 2.00. The van der Waals surface area contributed by atoms with E-state index in [0.717, 1.165) is 30.4 Å². The molecule has 2 aromatic rings. The van der Waals surface area contributed by atoms with Crippen molar-refractivity contribution in [3.8, 4) is 11.4 Å². The second-order valence-electron chi connectivity index (χ2n) is 4.79. The Hall–Kier alpha value is -2.30. The Morgan fingerprint density at radius 1 is 1.24 bits per heavy atom. The Kier molecular flexibility index (Phi) is 5.37. The monoisotopic (exact) mass is 285 g/mol. The third-order valence-electron chi connectivity index (χ3n) is 3.11. The zero-order chi connectivity index (χ0) is 15.1. The number of aryl methyl sites for hydroxylation is 1. The highest BCUT2D eigenvalue weighted by Crippen LogP contribution is 2.18. The van der Waals surface area contributed by atoms with E-state index in [4.69, 9.17) is 0 Å². The molecule has 0 aliphatic carbocycles. The summed E-state index contributed by atoms with van der Waals surface area (Å²) in [5.41, 5.74) is 2.28. The van der Waals surface area contributed by atoms with Crippen LogP contribution >= 0.6 is 0 Å². The summed E-state index contributed by atoms with van der Waals surface area (Å²) in [6.45, 7) is 6.50. The lowest BCUT2D eigenvalue weighted by molar-refractivity contribution is 0.839. The van der Waals surface area contributed by atoms with Crippen LogP contribution in [0.15, 0.2) is 41.7 Å². The highest BCUT2D eigenvalue weighted by atomic mass is 15.2. The predicted molar refractivity (Wildman–Crippen MR) is 87.1 cm³/mol. The van der Waals surface area contributed by atoms with Crippen LogP contribution in [0.5, 0.6) is 0 Å². The molecule has 0 amide bonds. The van der Waals surface area contributed by atoms with Crippen molar-refractivity contribution in [3.05, 3.63) is 42.2 Å². The first kappa shape index (κ1) is 15.1. The number of aromatic nitrogens is 2. The molecule has 112 valence electrons. The lowest BCUT2D eigenvalue weighted by Crippen LogP contribution is -2.36. The number of hydrogen-bond acceptors (Lipinski definition) is 2. The Balaban J connectivity index is 2.14. The van der Waals surface area contributed by atoms with Gasteiger partial charge < -0.3 is 15.2 Å². The number of nitrogens with zero attached hydrogens (tertiary/aromatic N) is 3. The normalized spacial score (nSPS) is 10.2. The molecule has 5 nitrogen and oxygen atoms in total. The van der Waals surface area contributed by atoms with E-state index in [9.17, 15) is 0 Å². The van der Waals surface area contributed by atoms with Gasteiger partial charge in [0.15, 0.2) is 5.96 Å². The molecule has 21 heavy (non-hydrogen) atoms. The molecule has 0 saturated heterocycles. The second kappa shape index (κ2) is 7.47. The van der Waals surface area contributed by atoms with E-state index in [0.29, 0.717) is 6.54 Å². The van der Waals surface area contributed by atoms with E-state index in [1.807, 2.05) is 24.0 Å². The standard InChI is InChI=1S/C16H23N5/c1-4-17-16(18-5-2)20-12-13-7-6-8-14(11-13)15-19-9-10-21(15)3/h6-11H,4-5,12H2,1-3H3,(H2,17,18,20). The molecule has 0 bridgehead atoms. The fourth-order valence-corrected chi connectivity index (χ4v) is 2.13. The summed E-state index contributed by atoms with van der Waals surface area (Å²) < 4.78 is 2.02. The molecule has 0 saturated carbocycles. The van der Waals surface area contributed by atoms with Crippen molar-refractivity contribution in [2.24, 2.45) is 12.0 Å². The maximum Gasteiger partial charge on any atom is 0.191 e. The Morgan fingerprint density at radius 2 is 2.00 bits per heavy atom. The lowest BCUT2D eigenvalue weighted by Gasteiger charge is -2.09. The topological polar surface area (TPSA) is 54.2 Å². The van der Waals surface area contributed by atoms with Crippen molar-refractivity contribution in [1.82, 2.24) is 20.2 Å². The summed E-state index contributed by atoms with van der Waals surface area (Å²) in [5, 5.41) is 6.45. The number of nitrogens with one attached hydrogen (secondary N) is 2. The minimum absolute atomic E-state index is 0.646. The number of benzene rings is 1. The van der Waals surface area contributed by atoms with Gasteiger partial charge in [-0.2, -0.15) is 0 Å². The van der Waals surface area contributed by atoms with Gasteiger partial charge in [-0.1, -0.05) is 18.2 Å². The average molecular weight is 285 g/mol. The summed E-state index contributed by atoms with van der Waals surface area (Å²) in [5.74, 6) is 1.82. The largest absolute Gasteiger partial charge is 0.357 e. The zero-order valence-electron chi connectivity index (χ0n) is 12.9. The molecule has 2 N–H and O–H groups in total. The molecule has 0 fully saturated rings. The molecule has 2 rings (SSSR count). The molecule has 0 aliphatic heterocycles. The lowest BCUT2D eigenvalue weighted by atomic mass is 10.1. The number of rotatable bonds is 5. The van der Waals surface area contributed by atoms with Gasteiger partial charge >= 0.3 is 0 Å². The van der Waals surface area contributed by atoms with Crippen LogP contribution < -0.4 is 10.6 Å². The molecule has 1 aromatic carbocycles. The van der Waals surface area contributed by atoms with Gasteiger partial charge in [-0.05, 0) is 25.5 Å². The molecule has 1 heterocycles. The van der Waals surface area contributed by atoms with Gasteiger partial charge in [0.2, 0.25) is 0 Å². The number of aliphatic imine (C=N–C) groups is 1. The van der Waals surface area contributed by atoms with Crippen molar-refractivity contribution in [2.45, 2.75) is 20.4 Å². The molecular weight excluding hydrogens is 262 g/mol. The SMILES string of the molecule is CCNC(=NCc1cccc(-c2nccn2C)c1)NCC. The minimum atomic E-state index is 0.646. The average Bonchev–Trinajstić information content (AvgIpc) is 2.92. The summed E-state index contributed by atoms with van der Waals surface area (Å²) in [6, 6.07) is 8.35. The highest BCUT2D eigenvalue weighted by Gasteiger charge is 2.04. The van der Waals surface area contributed by atoms with Crippen LogP contribution in [-0.4, -0.2) is 28.6 Å². The number of imidazole rings is 1. The molecule has 0 spiro atoms. The van der Waals surface area contributed by atoms with Crippen molar-refractivity contribution >= 4 is 5.96 Å². The Morgan fingerprint density at radius 3 is 2.62 bits per heavy atom. The van der Waals surface area contributed by atoms with E-state index < -0.39 is 0 Å². The molecule has 0 radical (unpaired) electrons. The van der Waals surface area contributed by atoms with Gasteiger partial charge in [-0.15, -0.1) is 0 Å². The number of guanidine groups is 1. The quantitative estimate of drug-likeness (QED) is 0.654. The third kappa shape index (κ3) is 4.08. The highest BCUT2D eigenvalue weighted by molar-refractivity contribution is 5.79. The van der Waals surface area contributed by atoms with Gasteiger partial charge in [0.05, 0.1) is 6.54 Å². The van der Waals surface area contributed by atoms with Gasteiger partial charge in [-0.3, -0.25) is 0 Å². The van der Waals surface area contributed by atoms with Gasteiger partial charge in [0.25, 0.3) is 0 Å². The summed E-state index contributed by atoms with van der Waals surface area (Å²) in [4.78, 5) is 8.97. The fraction of sp³-hybridized carbons (Fsp3) is 0.375. The molecule has 5 heteroatoms. The summed E-state index contributed by atoms with van der Waals surface area (Å²) >= 11 is 0. The van der Waals surface area contributed by atoms with Crippen LogP contribution in [0.3, 0.4) is 0 Å². The molecule has 0 atom stereocenters. The number of hydrogen-bond donors (Lipinski definition) is 2. The Bertz CT molecular complexity index is 592. The molecule has 0 aliphatic rings. The van der Waals surface area contributed by atoms with Crippen molar-refractivity contribution in [1.29, 1.82) is 0 Å². The van der Waals surface area contributed by atoms with Crippen LogP contribution in [0.25, 0.3) is 11.4 Å². The zero-order valence-corrected chi connectivity index (χ0v) is 12.9. The summed E-state index contributed by atoms with van der Waals surface area (Å²) in [6.07, 6.45) is 3.77. The third-order valence-corrected chi connectivity index (χ3v) is 3.11. The van der Waals surface area contributed by atoms with Crippen molar-refractivity contribution in [3.63, 3.8) is 0 Å². The first-order valence-electron chi connectivity index (χ1n) is 7.33. The van der Waals surface area contributed by atoms with E-state index in [1.54, 1.807) is 0 Å². The first-order chi connectivity index (χ1) is 10.2. The van der Waals surface area contributed by atoms with Gasteiger partial charge in [-0.25, -0.2) is 9.98 Å². The van der Waals surface area contributed by atoms with E-state index >= 15 is 0 Å². The maximum absolute atomic E-state index is 4.59. The van der Waals surface area contributed by atoms with Crippen LogP contribution in [-0.2, 0) is 13.6 Å². The van der Waals surface area contributed by atoms with Crippen molar-refractivity contribution in [2.75, 3.05) is 13.1 Å². The second-order valence-corrected chi connectivity index (χ2v) is 4.79. The van der Waals surface area contributed by atoms with E-state index in [-0.39, 0.29) is 0 Å². The van der Waals surface area contributed by atoms with Crippen LogP contribution in [0.2, 0.25) is 0 Å². The van der Waals surface area contributed by atoms with Gasteiger partial charge in [0, 0.05) is 38.1 Å². The van der Waals surface area contributed by atoms with E-state index in [1.165, 1.54) is 5.56 Å². The van der Waals surface area contributed by atoms with Crippen molar-refractivity contribution < 1.29 is 0 Å². The minimum Gasteiger partial charge on any atom is -0.357 e. The Labute approximate surface area is 126 Å².